The van der Waals surface area contributed by atoms with Crippen molar-refractivity contribution in [1.29, 1.82) is 0 Å². The number of halogens is 1. The van der Waals surface area contributed by atoms with Gasteiger partial charge in [-0.3, -0.25) is 0 Å². The summed E-state index contributed by atoms with van der Waals surface area (Å²) >= 11 is 5.71. The second-order valence-corrected chi connectivity index (χ2v) is 9.28. The van der Waals surface area contributed by atoms with Crippen LogP contribution in [0, 0.1) is 0 Å². The minimum absolute atomic E-state index is 0.0266. The Morgan fingerprint density at radius 2 is 1.23 bits per heavy atom. The Bertz CT molecular complexity index is 1210. The van der Waals surface area contributed by atoms with Crippen molar-refractivity contribution in [3.8, 4) is 0 Å². The van der Waals surface area contributed by atoms with Gasteiger partial charge in [0.2, 0.25) is 0 Å². The van der Waals surface area contributed by atoms with E-state index in [1.54, 1.807) is 6.07 Å². The number of aromatic nitrogens is 2. The van der Waals surface area contributed by atoms with Crippen molar-refractivity contribution >= 4 is 39.2 Å². The zero-order chi connectivity index (χ0) is 24.5. The highest BCUT2D eigenvalue weighted by molar-refractivity contribution is 6.29. The molecular formula is C28H33ClN4O2. The topological polar surface area (TPSA) is 81.5 Å². The van der Waals surface area contributed by atoms with E-state index < -0.39 is 0 Å². The van der Waals surface area contributed by atoms with Crippen LogP contribution in [0.2, 0.25) is 5.15 Å². The lowest BCUT2D eigenvalue weighted by molar-refractivity contribution is 0.137. The predicted octanol–water partition coefficient (Wildman–Crippen LogP) is 4.81. The van der Waals surface area contributed by atoms with Gasteiger partial charge in [0.05, 0.1) is 23.2 Å². The molecule has 184 valence electrons. The SMILES string of the molecule is Clc1ccc2ccccc2n1.OC1CCN(c2ccc3ccccc3n2)CC1.OC1CCNCC1. The lowest BCUT2D eigenvalue weighted by Gasteiger charge is -2.30. The molecule has 2 aliphatic rings. The lowest BCUT2D eigenvalue weighted by atomic mass is 10.1. The van der Waals surface area contributed by atoms with Crippen molar-refractivity contribution in [2.24, 2.45) is 0 Å². The molecule has 3 N–H and O–H groups in total. The van der Waals surface area contributed by atoms with Gasteiger partial charge in [-0.05, 0) is 75.2 Å². The predicted molar refractivity (Wildman–Crippen MR) is 144 cm³/mol. The molecule has 2 saturated heterocycles. The minimum Gasteiger partial charge on any atom is -0.393 e. The van der Waals surface area contributed by atoms with E-state index in [0.717, 1.165) is 74.1 Å². The van der Waals surface area contributed by atoms with Gasteiger partial charge in [-0.15, -0.1) is 0 Å². The van der Waals surface area contributed by atoms with Gasteiger partial charge in [0.15, 0.2) is 0 Å². The van der Waals surface area contributed by atoms with Crippen molar-refractivity contribution < 1.29 is 10.2 Å². The molecule has 4 heterocycles. The second kappa shape index (κ2) is 12.8. The Morgan fingerprint density at radius 3 is 1.83 bits per heavy atom. The first-order valence-corrected chi connectivity index (χ1v) is 12.7. The number of rotatable bonds is 1. The van der Waals surface area contributed by atoms with Gasteiger partial charge < -0.3 is 20.4 Å². The fourth-order valence-corrected chi connectivity index (χ4v) is 4.33. The summed E-state index contributed by atoms with van der Waals surface area (Å²) in [7, 11) is 0. The summed E-state index contributed by atoms with van der Waals surface area (Å²) in [5.41, 5.74) is 1.98. The van der Waals surface area contributed by atoms with E-state index >= 15 is 0 Å². The van der Waals surface area contributed by atoms with E-state index in [2.05, 4.69) is 38.4 Å². The summed E-state index contributed by atoms with van der Waals surface area (Å²) in [5, 5.41) is 24.4. The molecule has 7 heteroatoms. The molecule has 2 aromatic heterocycles. The van der Waals surface area contributed by atoms with Crippen molar-refractivity contribution in [2.75, 3.05) is 31.1 Å². The van der Waals surface area contributed by atoms with Crippen LogP contribution in [0.3, 0.4) is 0 Å². The molecule has 2 aromatic carbocycles. The number of hydrogen-bond acceptors (Lipinski definition) is 6. The van der Waals surface area contributed by atoms with Crippen LogP contribution in [0.1, 0.15) is 25.7 Å². The fraction of sp³-hybridized carbons (Fsp3) is 0.357. The molecular weight excluding hydrogens is 460 g/mol. The molecule has 35 heavy (non-hydrogen) atoms. The fourth-order valence-electron chi connectivity index (χ4n) is 4.17. The number of para-hydroxylation sites is 2. The van der Waals surface area contributed by atoms with Crippen LogP contribution in [0.5, 0.6) is 0 Å². The van der Waals surface area contributed by atoms with E-state index in [0.29, 0.717) is 5.15 Å². The Kier molecular flexibility index (Phi) is 9.26. The van der Waals surface area contributed by atoms with E-state index in [4.69, 9.17) is 16.7 Å². The minimum atomic E-state index is -0.133. The molecule has 4 aromatic rings. The van der Waals surface area contributed by atoms with Gasteiger partial charge in [-0.2, -0.15) is 0 Å². The molecule has 0 radical (unpaired) electrons. The smallest absolute Gasteiger partial charge is 0.129 e. The van der Waals surface area contributed by atoms with Gasteiger partial charge in [0.1, 0.15) is 11.0 Å². The average molecular weight is 493 g/mol. The molecule has 0 bridgehead atoms. The van der Waals surface area contributed by atoms with E-state index in [9.17, 15) is 5.11 Å². The molecule has 0 atom stereocenters. The molecule has 0 spiro atoms. The molecule has 6 rings (SSSR count). The molecule has 0 unspecified atom stereocenters. The number of nitrogens with one attached hydrogen (secondary N) is 1. The summed E-state index contributed by atoms with van der Waals surface area (Å²) < 4.78 is 0. The highest BCUT2D eigenvalue weighted by Crippen LogP contribution is 2.21. The number of piperidine rings is 2. The zero-order valence-electron chi connectivity index (χ0n) is 19.9. The van der Waals surface area contributed by atoms with Crippen LogP contribution in [-0.4, -0.2) is 58.6 Å². The number of fused-ring (bicyclic) bond motifs is 2. The molecule has 6 nitrogen and oxygen atoms in total. The van der Waals surface area contributed by atoms with Crippen LogP contribution in [0.25, 0.3) is 21.8 Å². The highest BCUT2D eigenvalue weighted by atomic mass is 35.5. The van der Waals surface area contributed by atoms with Crippen molar-refractivity contribution in [2.45, 2.75) is 37.9 Å². The number of aliphatic hydroxyl groups excluding tert-OH is 2. The second-order valence-electron chi connectivity index (χ2n) is 8.89. The van der Waals surface area contributed by atoms with Crippen LogP contribution in [0.4, 0.5) is 5.82 Å². The van der Waals surface area contributed by atoms with E-state index in [1.807, 2.05) is 48.5 Å². The van der Waals surface area contributed by atoms with Crippen molar-refractivity contribution in [1.82, 2.24) is 15.3 Å². The maximum absolute atomic E-state index is 9.50. The van der Waals surface area contributed by atoms with Gasteiger partial charge in [-0.1, -0.05) is 48.0 Å². The average Bonchev–Trinajstić information content (AvgIpc) is 2.90. The first-order chi connectivity index (χ1) is 17.1. The van der Waals surface area contributed by atoms with Crippen LogP contribution in [-0.2, 0) is 0 Å². The van der Waals surface area contributed by atoms with Crippen LogP contribution >= 0.6 is 11.6 Å². The number of pyridine rings is 2. The largest absolute Gasteiger partial charge is 0.393 e. The number of aliphatic hydroxyl groups is 2. The van der Waals surface area contributed by atoms with Crippen molar-refractivity contribution in [3.63, 3.8) is 0 Å². The zero-order valence-corrected chi connectivity index (χ0v) is 20.6. The van der Waals surface area contributed by atoms with Crippen LogP contribution in [0.15, 0.2) is 72.8 Å². The molecule has 2 aliphatic heterocycles. The number of hydrogen-bond donors (Lipinski definition) is 3. The van der Waals surface area contributed by atoms with Gasteiger partial charge >= 0.3 is 0 Å². The maximum Gasteiger partial charge on any atom is 0.129 e. The number of benzene rings is 2. The van der Waals surface area contributed by atoms with E-state index in [1.165, 1.54) is 5.39 Å². The third-order valence-electron chi connectivity index (χ3n) is 6.25. The first kappa shape index (κ1) is 25.3. The summed E-state index contributed by atoms with van der Waals surface area (Å²) in [6.07, 6.45) is 3.39. The molecule has 0 aliphatic carbocycles. The first-order valence-electron chi connectivity index (χ1n) is 12.3. The quantitative estimate of drug-likeness (QED) is 0.331. The maximum atomic E-state index is 9.50. The molecule has 2 fully saturated rings. The number of nitrogens with zero attached hydrogens (tertiary/aromatic N) is 3. The van der Waals surface area contributed by atoms with E-state index in [-0.39, 0.29) is 12.2 Å². The molecule has 0 amide bonds. The Balaban J connectivity index is 0.000000137. The number of anilines is 1. The monoisotopic (exact) mass is 492 g/mol. The summed E-state index contributed by atoms with van der Waals surface area (Å²) in [5.74, 6) is 1.02. The lowest BCUT2D eigenvalue weighted by Crippen LogP contribution is -2.36. The molecule has 0 saturated carbocycles. The van der Waals surface area contributed by atoms with Crippen molar-refractivity contribution in [3.05, 3.63) is 77.9 Å². The van der Waals surface area contributed by atoms with Gasteiger partial charge in [0, 0.05) is 23.9 Å². The summed E-state index contributed by atoms with van der Waals surface area (Å²) in [6.45, 7) is 3.77. The normalized spacial score (nSPS) is 16.8. The standard InChI is InChI=1S/C14H16N2O.C9H6ClN.C5H11NO/c17-12-7-9-16(10-8-12)14-6-5-11-3-1-2-4-13(11)15-14;10-9-6-5-7-3-1-2-4-8(7)11-9;7-5-1-3-6-4-2-5/h1-6,12,17H,7-10H2;1-6H;5-7H,1-4H2. The Morgan fingerprint density at radius 1 is 0.686 bits per heavy atom. The Hall–Kier alpha value is -2.77. The highest BCUT2D eigenvalue weighted by Gasteiger charge is 2.18. The third-order valence-corrected chi connectivity index (χ3v) is 6.46. The van der Waals surface area contributed by atoms with Gasteiger partial charge in [-0.25, -0.2) is 9.97 Å². The van der Waals surface area contributed by atoms with Gasteiger partial charge in [0.25, 0.3) is 0 Å². The summed E-state index contributed by atoms with van der Waals surface area (Å²) in [4.78, 5) is 11.1. The van der Waals surface area contributed by atoms with Crippen LogP contribution < -0.4 is 10.2 Å². The summed E-state index contributed by atoms with van der Waals surface area (Å²) in [6, 6.07) is 24.0. The third kappa shape index (κ3) is 7.61. The Labute approximate surface area is 211 Å².